The minimum Gasteiger partial charge on any atom is -0.326 e. The van der Waals surface area contributed by atoms with E-state index in [9.17, 15) is 22.8 Å². The predicted molar refractivity (Wildman–Crippen MR) is 115 cm³/mol. The Bertz CT molecular complexity index is 906. The van der Waals surface area contributed by atoms with Crippen LogP contribution in [0, 0.1) is 0 Å². The van der Waals surface area contributed by atoms with Crippen molar-refractivity contribution in [1.29, 1.82) is 0 Å². The molecule has 4 nitrogen and oxygen atoms in total. The zero-order chi connectivity index (χ0) is 22.3. The van der Waals surface area contributed by atoms with Crippen LogP contribution in [0.25, 0.3) is 0 Å². The van der Waals surface area contributed by atoms with Crippen LogP contribution in [0.1, 0.15) is 38.7 Å². The summed E-state index contributed by atoms with van der Waals surface area (Å²) in [6.45, 7) is 3.64. The number of benzene rings is 2. The summed E-state index contributed by atoms with van der Waals surface area (Å²) in [5.74, 6) is -0.567. The molecule has 30 heavy (non-hydrogen) atoms. The van der Waals surface area contributed by atoms with Crippen LogP contribution >= 0.6 is 23.4 Å². The van der Waals surface area contributed by atoms with Crippen molar-refractivity contribution in [3.8, 4) is 0 Å². The summed E-state index contributed by atoms with van der Waals surface area (Å²) in [5.41, 5.74) is -0.371. The molecule has 2 N–H and O–H groups in total. The maximum Gasteiger partial charge on any atom is 0.416 e. The van der Waals surface area contributed by atoms with Crippen molar-refractivity contribution in [3.63, 3.8) is 0 Å². The van der Waals surface area contributed by atoms with Gasteiger partial charge in [-0.3, -0.25) is 9.59 Å². The van der Waals surface area contributed by atoms with Crippen LogP contribution < -0.4 is 10.6 Å². The third kappa shape index (κ3) is 7.25. The summed E-state index contributed by atoms with van der Waals surface area (Å²) in [6.07, 6.45) is -2.38. The molecule has 9 heteroatoms. The van der Waals surface area contributed by atoms with E-state index >= 15 is 0 Å². The molecule has 2 rings (SSSR count). The van der Waals surface area contributed by atoms with Gasteiger partial charge in [-0.1, -0.05) is 31.0 Å². The average molecular weight is 459 g/mol. The number of unbranched alkanes of at least 4 members (excludes halogenated alkanes) is 1. The fourth-order valence-corrected chi connectivity index (χ4v) is 3.59. The minimum absolute atomic E-state index is 0.0188. The summed E-state index contributed by atoms with van der Waals surface area (Å²) < 4.78 is 38.7. The SMILES string of the molecule is CCCCC(=O)Nc1cccc(SC(C)C(=O)Nc2cc(C(F)(F)F)ccc2Cl)c1. The van der Waals surface area contributed by atoms with Gasteiger partial charge in [-0.15, -0.1) is 11.8 Å². The lowest BCUT2D eigenvalue weighted by atomic mass is 10.2. The van der Waals surface area contributed by atoms with Crippen LogP contribution in [0.15, 0.2) is 47.4 Å². The zero-order valence-electron chi connectivity index (χ0n) is 16.5. The standard InChI is InChI=1S/C21H22ClF3N2O2S/c1-3-4-8-19(28)26-15-6-5-7-16(12-15)30-13(2)20(29)27-18-11-14(21(23,24)25)9-10-17(18)22/h5-7,9-13H,3-4,8H2,1-2H3,(H,26,28)(H,27,29). The normalized spacial score (nSPS) is 12.3. The molecule has 2 aromatic carbocycles. The second-order valence-corrected chi connectivity index (χ2v) is 8.44. The van der Waals surface area contributed by atoms with E-state index in [1.807, 2.05) is 6.92 Å². The fraction of sp³-hybridized carbons (Fsp3) is 0.333. The van der Waals surface area contributed by atoms with Gasteiger partial charge in [0.15, 0.2) is 0 Å². The monoisotopic (exact) mass is 458 g/mol. The van der Waals surface area contributed by atoms with Gasteiger partial charge in [0, 0.05) is 17.0 Å². The van der Waals surface area contributed by atoms with Crippen LogP contribution in [-0.4, -0.2) is 17.1 Å². The Labute approximate surface area is 182 Å². The van der Waals surface area contributed by atoms with Gasteiger partial charge in [-0.25, -0.2) is 0 Å². The van der Waals surface area contributed by atoms with Crippen LogP contribution in [0.3, 0.4) is 0 Å². The van der Waals surface area contributed by atoms with Crippen molar-refractivity contribution in [2.24, 2.45) is 0 Å². The van der Waals surface area contributed by atoms with Crippen molar-refractivity contribution < 1.29 is 22.8 Å². The van der Waals surface area contributed by atoms with E-state index in [0.29, 0.717) is 12.1 Å². The van der Waals surface area contributed by atoms with Gasteiger partial charge in [-0.2, -0.15) is 13.2 Å². The number of carbonyl (C=O) groups is 2. The highest BCUT2D eigenvalue weighted by Gasteiger charge is 2.31. The third-order valence-electron chi connectivity index (χ3n) is 4.11. The molecule has 1 atom stereocenters. The molecule has 0 aliphatic carbocycles. The molecule has 0 spiro atoms. The van der Waals surface area contributed by atoms with E-state index in [-0.39, 0.29) is 16.6 Å². The van der Waals surface area contributed by atoms with Crippen molar-refractivity contribution in [1.82, 2.24) is 0 Å². The van der Waals surface area contributed by atoms with Crippen LogP contribution in [0.4, 0.5) is 24.5 Å². The Morgan fingerprint density at radius 2 is 1.87 bits per heavy atom. The number of hydrogen-bond acceptors (Lipinski definition) is 3. The predicted octanol–water partition coefficient (Wildman–Crippen LogP) is 6.61. The number of alkyl halides is 3. The molecule has 0 aliphatic heterocycles. The maximum atomic E-state index is 12.9. The Morgan fingerprint density at radius 1 is 1.13 bits per heavy atom. The second-order valence-electron chi connectivity index (χ2n) is 6.62. The smallest absolute Gasteiger partial charge is 0.326 e. The summed E-state index contributed by atoms with van der Waals surface area (Å²) in [4.78, 5) is 25.1. The lowest BCUT2D eigenvalue weighted by Crippen LogP contribution is -2.23. The van der Waals surface area contributed by atoms with Crippen molar-refractivity contribution >= 4 is 46.6 Å². The average Bonchev–Trinajstić information content (AvgIpc) is 2.67. The Hall–Kier alpha value is -2.19. The van der Waals surface area contributed by atoms with Gasteiger partial charge in [0.2, 0.25) is 11.8 Å². The Kier molecular flexibility index (Phi) is 8.61. The highest BCUT2D eigenvalue weighted by Crippen LogP contribution is 2.34. The lowest BCUT2D eigenvalue weighted by molar-refractivity contribution is -0.137. The summed E-state index contributed by atoms with van der Waals surface area (Å²) in [7, 11) is 0. The fourth-order valence-electron chi connectivity index (χ4n) is 2.50. The molecule has 2 aromatic rings. The largest absolute Gasteiger partial charge is 0.416 e. The highest BCUT2D eigenvalue weighted by atomic mass is 35.5. The van der Waals surface area contributed by atoms with E-state index in [1.165, 1.54) is 11.8 Å². The van der Waals surface area contributed by atoms with E-state index in [1.54, 1.807) is 31.2 Å². The first kappa shape index (κ1) is 24.1. The van der Waals surface area contributed by atoms with Gasteiger partial charge >= 0.3 is 6.18 Å². The molecular weight excluding hydrogens is 437 g/mol. The molecule has 0 saturated heterocycles. The van der Waals surface area contributed by atoms with E-state index < -0.39 is 22.9 Å². The molecule has 0 heterocycles. The molecule has 0 fully saturated rings. The van der Waals surface area contributed by atoms with Gasteiger partial charge in [0.05, 0.1) is 21.5 Å². The van der Waals surface area contributed by atoms with Gasteiger partial charge in [0.25, 0.3) is 0 Å². The minimum atomic E-state index is -4.54. The first-order chi connectivity index (χ1) is 14.1. The zero-order valence-corrected chi connectivity index (χ0v) is 18.0. The number of hydrogen-bond donors (Lipinski definition) is 2. The van der Waals surface area contributed by atoms with Crippen molar-refractivity contribution in [2.45, 2.75) is 49.4 Å². The number of amides is 2. The molecule has 0 radical (unpaired) electrons. The van der Waals surface area contributed by atoms with Crippen molar-refractivity contribution in [3.05, 3.63) is 53.1 Å². The van der Waals surface area contributed by atoms with Crippen molar-refractivity contribution in [2.75, 3.05) is 10.6 Å². The van der Waals surface area contributed by atoms with E-state index in [0.717, 1.165) is 35.9 Å². The third-order valence-corrected chi connectivity index (χ3v) is 5.53. The van der Waals surface area contributed by atoms with Crippen LogP contribution in [0.5, 0.6) is 0 Å². The molecule has 162 valence electrons. The first-order valence-electron chi connectivity index (χ1n) is 9.34. The quantitative estimate of drug-likeness (QED) is 0.438. The lowest BCUT2D eigenvalue weighted by Gasteiger charge is -2.15. The molecule has 0 aromatic heterocycles. The first-order valence-corrected chi connectivity index (χ1v) is 10.6. The van der Waals surface area contributed by atoms with Gasteiger partial charge in [0.1, 0.15) is 0 Å². The molecule has 0 bridgehead atoms. The van der Waals surface area contributed by atoms with E-state index in [4.69, 9.17) is 11.6 Å². The van der Waals surface area contributed by atoms with E-state index in [2.05, 4.69) is 10.6 Å². The summed E-state index contributed by atoms with van der Waals surface area (Å²) in [6, 6.07) is 9.80. The summed E-state index contributed by atoms with van der Waals surface area (Å²) >= 11 is 7.15. The maximum absolute atomic E-state index is 12.9. The second kappa shape index (κ2) is 10.7. The number of nitrogens with one attached hydrogen (secondary N) is 2. The molecule has 1 unspecified atom stereocenters. The number of thioether (sulfide) groups is 1. The molecule has 0 aliphatic rings. The Morgan fingerprint density at radius 3 is 2.53 bits per heavy atom. The molecular formula is C21H22ClF3N2O2S. The van der Waals surface area contributed by atoms with Crippen LogP contribution in [-0.2, 0) is 15.8 Å². The topological polar surface area (TPSA) is 58.2 Å². The highest BCUT2D eigenvalue weighted by molar-refractivity contribution is 8.00. The molecule has 2 amide bonds. The number of carbonyl (C=O) groups excluding carboxylic acids is 2. The molecule has 0 saturated carbocycles. The number of anilines is 2. The summed E-state index contributed by atoms with van der Waals surface area (Å²) in [5, 5.41) is 4.67. The van der Waals surface area contributed by atoms with Crippen LogP contribution in [0.2, 0.25) is 5.02 Å². The van der Waals surface area contributed by atoms with Gasteiger partial charge in [-0.05, 0) is 49.7 Å². The Balaban J connectivity index is 2.03. The van der Waals surface area contributed by atoms with Gasteiger partial charge < -0.3 is 10.6 Å². The number of rotatable bonds is 8. The number of halogens is 4.